The summed E-state index contributed by atoms with van der Waals surface area (Å²) in [7, 11) is 0. The van der Waals surface area contributed by atoms with Gasteiger partial charge in [0.1, 0.15) is 11.6 Å². The van der Waals surface area contributed by atoms with E-state index in [0.717, 1.165) is 16.9 Å². The van der Waals surface area contributed by atoms with Crippen LogP contribution in [0.5, 0.6) is 5.75 Å². The average molecular weight is 271 g/mol. The molecule has 0 saturated carbocycles. The molecule has 1 heterocycles. The molecule has 104 valence electrons. The molecule has 0 fully saturated rings. The molecule has 20 heavy (non-hydrogen) atoms. The van der Waals surface area contributed by atoms with Crippen molar-refractivity contribution in [1.29, 1.82) is 0 Å². The second kappa shape index (κ2) is 4.60. The van der Waals surface area contributed by atoms with E-state index >= 15 is 0 Å². The van der Waals surface area contributed by atoms with Gasteiger partial charge in [-0.1, -0.05) is 32.0 Å². The maximum absolute atomic E-state index is 13.3. The highest BCUT2D eigenvalue weighted by Gasteiger charge is 2.32. The molecule has 0 amide bonds. The lowest BCUT2D eigenvalue weighted by molar-refractivity contribution is 0.291. The summed E-state index contributed by atoms with van der Waals surface area (Å²) in [4.78, 5) is 0. The fourth-order valence-electron chi connectivity index (χ4n) is 2.62. The Kier molecular flexibility index (Phi) is 3.02. The van der Waals surface area contributed by atoms with Crippen molar-refractivity contribution in [1.82, 2.24) is 0 Å². The van der Waals surface area contributed by atoms with Crippen LogP contribution in [-0.4, -0.2) is 6.61 Å². The Morgan fingerprint density at radius 2 is 1.90 bits per heavy atom. The molecule has 0 bridgehead atoms. The monoisotopic (exact) mass is 271 g/mol. The van der Waals surface area contributed by atoms with Crippen molar-refractivity contribution in [2.45, 2.75) is 25.3 Å². The minimum absolute atomic E-state index is 0.00694. The summed E-state index contributed by atoms with van der Waals surface area (Å²) in [5.41, 5.74) is 9.18. The predicted octanol–water partition coefficient (Wildman–Crippen LogP) is 3.54. The van der Waals surface area contributed by atoms with E-state index in [1.54, 1.807) is 6.07 Å². The molecule has 0 aliphatic carbocycles. The van der Waals surface area contributed by atoms with Crippen LogP contribution in [-0.2, 0) is 5.41 Å². The molecule has 2 aromatic carbocycles. The number of fused-ring (bicyclic) bond motifs is 1. The maximum Gasteiger partial charge on any atom is 0.123 e. The van der Waals surface area contributed by atoms with Gasteiger partial charge in [0.25, 0.3) is 0 Å². The zero-order valence-electron chi connectivity index (χ0n) is 11.7. The summed E-state index contributed by atoms with van der Waals surface area (Å²) in [5, 5.41) is 0. The lowest BCUT2D eigenvalue weighted by Gasteiger charge is -2.18. The van der Waals surface area contributed by atoms with Crippen LogP contribution < -0.4 is 10.5 Å². The molecular weight excluding hydrogens is 253 g/mol. The minimum atomic E-state index is -0.326. The fraction of sp³-hybridized carbons (Fsp3) is 0.294. The number of hydrogen-bond acceptors (Lipinski definition) is 2. The van der Waals surface area contributed by atoms with E-state index in [1.165, 1.54) is 17.7 Å². The number of rotatable bonds is 2. The van der Waals surface area contributed by atoms with E-state index in [1.807, 2.05) is 18.2 Å². The third kappa shape index (κ3) is 2.18. The molecule has 1 aliphatic heterocycles. The van der Waals surface area contributed by atoms with E-state index in [9.17, 15) is 4.39 Å². The van der Waals surface area contributed by atoms with E-state index in [4.69, 9.17) is 10.5 Å². The number of halogens is 1. The van der Waals surface area contributed by atoms with Gasteiger partial charge in [0, 0.05) is 11.0 Å². The van der Waals surface area contributed by atoms with Gasteiger partial charge in [-0.05, 0) is 35.4 Å². The molecular formula is C17H18FNO. The molecule has 1 atom stereocenters. The molecule has 1 aliphatic rings. The van der Waals surface area contributed by atoms with E-state index < -0.39 is 0 Å². The normalized spacial score (nSPS) is 17.4. The average Bonchev–Trinajstić information content (AvgIpc) is 2.73. The third-order valence-corrected chi connectivity index (χ3v) is 3.89. The lowest BCUT2D eigenvalue weighted by atomic mass is 9.85. The highest BCUT2D eigenvalue weighted by Crippen LogP contribution is 2.39. The zero-order chi connectivity index (χ0) is 14.3. The summed E-state index contributed by atoms with van der Waals surface area (Å²) < 4.78 is 19.0. The number of benzene rings is 2. The Hall–Kier alpha value is -1.87. The van der Waals surface area contributed by atoms with Crippen molar-refractivity contribution in [3.63, 3.8) is 0 Å². The van der Waals surface area contributed by atoms with Crippen LogP contribution in [0.4, 0.5) is 4.39 Å². The van der Waals surface area contributed by atoms with Crippen molar-refractivity contribution in [2.24, 2.45) is 5.73 Å². The summed E-state index contributed by atoms with van der Waals surface area (Å²) in [6.45, 7) is 4.98. The van der Waals surface area contributed by atoms with Crippen LogP contribution in [0.25, 0.3) is 0 Å². The topological polar surface area (TPSA) is 35.2 Å². The van der Waals surface area contributed by atoms with Gasteiger partial charge < -0.3 is 10.5 Å². The first kappa shape index (κ1) is 13.1. The molecule has 2 nitrogen and oxygen atoms in total. The highest BCUT2D eigenvalue weighted by atomic mass is 19.1. The quantitative estimate of drug-likeness (QED) is 0.906. The first-order valence-electron chi connectivity index (χ1n) is 6.76. The highest BCUT2D eigenvalue weighted by molar-refractivity contribution is 5.47. The summed E-state index contributed by atoms with van der Waals surface area (Å²) in [6, 6.07) is 12.1. The molecule has 0 radical (unpaired) electrons. The Labute approximate surface area is 118 Å². The van der Waals surface area contributed by atoms with Gasteiger partial charge in [-0.3, -0.25) is 0 Å². The largest absolute Gasteiger partial charge is 0.492 e. The van der Waals surface area contributed by atoms with Gasteiger partial charge in [-0.2, -0.15) is 0 Å². The van der Waals surface area contributed by atoms with Gasteiger partial charge in [-0.15, -0.1) is 0 Å². The Morgan fingerprint density at radius 1 is 1.15 bits per heavy atom. The molecule has 2 N–H and O–H groups in total. The molecule has 0 saturated heterocycles. The van der Waals surface area contributed by atoms with Crippen LogP contribution in [0, 0.1) is 5.82 Å². The lowest BCUT2D eigenvalue weighted by Crippen LogP contribution is -2.19. The third-order valence-electron chi connectivity index (χ3n) is 3.89. The number of nitrogens with two attached hydrogens (primary N) is 1. The standard InChI is InChI=1S/C17H18FNO/c1-17(2)10-20-15-7-6-12(9-14(15)17)16(19)11-4-3-5-13(18)8-11/h3-9,16H,10,19H2,1-2H3. The first-order chi connectivity index (χ1) is 9.47. The summed E-state index contributed by atoms with van der Waals surface area (Å²) >= 11 is 0. The van der Waals surface area contributed by atoms with E-state index in [2.05, 4.69) is 19.9 Å². The van der Waals surface area contributed by atoms with Crippen molar-refractivity contribution in [3.8, 4) is 5.75 Å². The second-order valence-electron chi connectivity index (χ2n) is 5.96. The van der Waals surface area contributed by atoms with Gasteiger partial charge in [0.2, 0.25) is 0 Å². The molecule has 1 unspecified atom stereocenters. The molecule has 3 heteroatoms. The Balaban J connectivity index is 1.99. The SMILES string of the molecule is CC1(C)COc2ccc(C(N)c3cccc(F)c3)cc21. The Morgan fingerprint density at radius 3 is 2.65 bits per heavy atom. The van der Waals surface area contributed by atoms with Crippen molar-refractivity contribution in [2.75, 3.05) is 6.61 Å². The van der Waals surface area contributed by atoms with Crippen molar-refractivity contribution in [3.05, 3.63) is 65.0 Å². The van der Waals surface area contributed by atoms with Gasteiger partial charge >= 0.3 is 0 Å². The van der Waals surface area contributed by atoms with Gasteiger partial charge in [0.05, 0.1) is 12.6 Å². The van der Waals surface area contributed by atoms with Crippen molar-refractivity contribution >= 4 is 0 Å². The van der Waals surface area contributed by atoms with Crippen LogP contribution in [0.2, 0.25) is 0 Å². The summed E-state index contributed by atoms with van der Waals surface area (Å²) in [6.07, 6.45) is 0. The first-order valence-corrected chi connectivity index (χ1v) is 6.76. The number of ether oxygens (including phenoxy) is 1. The molecule has 0 aromatic heterocycles. The Bertz CT molecular complexity index is 651. The van der Waals surface area contributed by atoms with Crippen molar-refractivity contribution < 1.29 is 9.13 Å². The van der Waals surface area contributed by atoms with Crippen LogP contribution in [0.1, 0.15) is 36.6 Å². The zero-order valence-corrected chi connectivity index (χ0v) is 11.7. The van der Waals surface area contributed by atoms with Crippen LogP contribution >= 0.6 is 0 Å². The van der Waals surface area contributed by atoms with E-state index in [0.29, 0.717) is 6.61 Å². The fourth-order valence-corrected chi connectivity index (χ4v) is 2.62. The number of hydrogen-bond donors (Lipinski definition) is 1. The van der Waals surface area contributed by atoms with Crippen LogP contribution in [0.15, 0.2) is 42.5 Å². The smallest absolute Gasteiger partial charge is 0.123 e. The molecule has 3 rings (SSSR count). The molecule has 0 spiro atoms. The molecule has 2 aromatic rings. The maximum atomic E-state index is 13.3. The summed E-state index contributed by atoms with van der Waals surface area (Å²) in [5.74, 6) is 0.660. The van der Waals surface area contributed by atoms with Crippen LogP contribution in [0.3, 0.4) is 0 Å². The second-order valence-corrected chi connectivity index (χ2v) is 5.96. The van der Waals surface area contributed by atoms with Gasteiger partial charge in [0.15, 0.2) is 0 Å². The minimum Gasteiger partial charge on any atom is -0.492 e. The van der Waals surface area contributed by atoms with Gasteiger partial charge in [-0.25, -0.2) is 4.39 Å². The van der Waals surface area contributed by atoms with E-state index in [-0.39, 0.29) is 17.3 Å². The predicted molar refractivity (Wildman–Crippen MR) is 77.4 cm³/mol.